The SMILES string of the molecule is CCC(C)Oc1ccc(NC(=O)N(C)CC(C)(C)O)cc1. The number of anilines is 1. The summed E-state index contributed by atoms with van der Waals surface area (Å²) in [4.78, 5) is 13.4. The summed E-state index contributed by atoms with van der Waals surface area (Å²) >= 11 is 0. The molecule has 2 N–H and O–H groups in total. The van der Waals surface area contributed by atoms with E-state index in [1.165, 1.54) is 4.90 Å². The summed E-state index contributed by atoms with van der Waals surface area (Å²) in [5.41, 5.74) is -0.223. The van der Waals surface area contributed by atoms with Gasteiger partial charge >= 0.3 is 6.03 Å². The van der Waals surface area contributed by atoms with Crippen molar-refractivity contribution in [1.82, 2.24) is 4.90 Å². The van der Waals surface area contributed by atoms with Crippen molar-refractivity contribution in [3.05, 3.63) is 24.3 Å². The van der Waals surface area contributed by atoms with E-state index in [1.807, 2.05) is 19.1 Å². The van der Waals surface area contributed by atoms with E-state index in [9.17, 15) is 9.90 Å². The number of hydrogen-bond donors (Lipinski definition) is 2. The highest BCUT2D eigenvalue weighted by Gasteiger charge is 2.19. The van der Waals surface area contributed by atoms with Crippen molar-refractivity contribution in [3.63, 3.8) is 0 Å². The fourth-order valence-electron chi connectivity index (χ4n) is 1.80. The summed E-state index contributed by atoms with van der Waals surface area (Å²) in [6.45, 7) is 7.67. The second-order valence-electron chi connectivity index (χ2n) is 5.96. The number of hydrogen-bond acceptors (Lipinski definition) is 3. The van der Waals surface area contributed by atoms with Crippen LogP contribution in [0.1, 0.15) is 34.1 Å². The standard InChI is InChI=1S/C16H26N2O3/c1-6-12(2)21-14-9-7-13(8-10-14)17-15(19)18(5)11-16(3,4)20/h7-10,12,20H,6,11H2,1-5H3,(H,17,19). The summed E-state index contributed by atoms with van der Waals surface area (Å²) in [5, 5.41) is 12.5. The van der Waals surface area contributed by atoms with Crippen LogP contribution >= 0.6 is 0 Å². The minimum atomic E-state index is -0.917. The van der Waals surface area contributed by atoms with Gasteiger partial charge in [-0.05, 0) is 51.5 Å². The zero-order valence-electron chi connectivity index (χ0n) is 13.5. The van der Waals surface area contributed by atoms with E-state index in [0.717, 1.165) is 12.2 Å². The molecule has 0 saturated carbocycles. The molecule has 0 bridgehead atoms. The van der Waals surface area contributed by atoms with E-state index in [4.69, 9.17) is 4.74 Å². The van der Waals surface area contributed by atoms with Crippen LogP contribution in [0, 0.1) is 0 Å². The molecule has 1 atom stereocenters. The Labute approximate surface area is 126 Å². The van der Waals surface area contributed by atoms with Crippen molar-refractivity contribution in [1.29, 1.82) is 0 Å². The molecular weight excluding hydrogens is 268 g/mol. The van der Waals surface area contributed by atoms with Crippen LogP contribution in [-0.4, -0.2) is 41.3 Å². The van der Waals surface area contributed by atoms with Crippen LogP contribution in [0.15, 0.2) is 24.3 Å². The van der Waals surface area contributed by atoms with E-state index >= 15 is 0 Å². The fourth-order valence-corrected chi connectivity index (χ4v) is 1.80. The summed E-state index contributed by atoms with van der Waals surface area (Å²) in [6, 6.07) is 7.00. The topological polar surface area (TPSA) is 61.8 Å². The third-order valence-corrected chi connectivity index (χ3v) is 2.99. The molecule has 118 valence electrons. The average molecular weight is 294 g/mol. The number of urea groups is 1. The van der Waals surface area contributed by atoms with Gasteiger partial charge in [-0.1, -0.05) is 6.92 Å². The minimum Gasteiger partial charge on any atom is -0.491 e. The first-order valence-corrected chi connectivity index (χ1v) is 7.22. The zero-order valence-corrected chi connectivity index (χ0v) is 13.5. The molecular formula is C16H26N2O3. The maximum absolute atomic E-state index is 12.0. The highest BCUT2D eigenvalue weighted by Crippen LogP contribution is 2.18. The minimum absolute atomic E-state index is 0.170. The highest BCUT2D eigenvalue weighted by molar-refractivity contribution is 5.89. The largest absolute Gasteiger partial charge is 0.491 e. The molecule has 0 aliphatic rings. The molecule has 0 aromatic heterocycles. The number of benzene rings is 1. The monoisotopic (exact) mass is 294 g/mol. The molecule has 0 radical (unpaired) electrons. The third kappa shape index (κ3) is 6.49. The van der Waals surface area contributed by atoms with Crippen molar-refractivity contribution < 1.29 is 14.6 Å². The molecule has 0 spiro atoms. The van der Waals surface area contributed by atoms with Crippen LogP contribution < -0.4 is 10.1 Å². The van der Waals surface area contributed by atoms with Crippen LogP contribution in [0.3, 0.4) is 0 Å². The average Bonchev–Trinajstić information content (AvgIpc) is 2.38. The Morgan fingerprint density at radius 1 is 1.38 bits per heavy atom. The van der Waals surface area contributed by atoms with Gasteiger partial charge in [-0.2, -0.15) is 0 Å². The van der Waals surface area contributed by atoms with E-state index in [-0.39, 0.29) is 18.7 Å². The predicted octanol–water partition coefficient (Wildman–Crippen LogP) is 3.10. The molecule has 0 aliphatic carbocycles. The number of carbonyl (C=O) groups is 1. The summed E-state index contributed by atoms with van der Waals surface area (Å²) in [6.07, 6.45) is 1.11. The van der Waals surface area contributed by atoms with Crippen LogP contribution in [0.5, 0.6) is 5.75 Å². The number of aliphatic hydroxyl groups is 1. The number of carbonyl (C=O) groups excluding carboxylic acids is 1. The number of likely N-dealkylation sites (N-methyl/N-ethyl adjacent to an activating group) is 1. The predicted molar refractivity (Wildman–Crippen MR) is 84.8 cm³/mol. The van der Waals surface area contributed by atoms with Gasteiger partial charge in [0, 0.05) is 12.7 Å². The van der Waals surface area contributed by atoms with E-state index in [1.54, 1.807) is 33.0 Å². The van der Waals surface area contributed by atoms with E-state index in [0.29, 0.717) is 5.69 Å². The Morgan fingerprint density at radius 2 is 1.95 bits per heavy atom. The Balaban J connectivity index is 2.57. The van der Waals surface area contributed by atoms with Gasteiger partial charge in [0.1, 0.15) is 5.75 Å². The molecule has 0 fully saturated rings. The molecule has 1 rings (SSSR count). The van der Waals surface area contributed by atoms with Gasteiger partial charge in [-0.15, -0.1) is 0 Å². The zero-order chi connectivity index (χ0) is 16.0. The molecule has 1 aromatic carbocycles. The normalized spacial score (nSPS) is 12.7. The lowest BCUT2D eigenvalue weighted by molar-refractivity contribution is 0.0550. The maximum atomic E-state index is 12.0. The van der Waals surface area contributed by atoms with E-state index in [2.05, 4.69) is 12.2 Å². The summed E-state index contributed by atoms with van der Waals surface area (Å²) in [5.74, 6) is 0.784. The smallest absolute Gasteiger partial charge is 0.321 e. The first-order chi connectivity index (χ1) is 9.71. The Bertz CT molecular complexity index is 452. The Hall–Kier alpha value is -1.75. The van der Waals surface area contributed by atoms with Gasteiger partial charge in [0.15, 0.2) is 0 Å². The van der Waals surface area contributed by atoms with Crippen LogP contribution in [0.25, 0.3) is 0 Å². The highest BCUT2D eigenvalue weighted by atomic mass is 16.5. The third-order valence-electron chi connectivity index (χ3n) is 2.99. The molecule has 5 nitrogen and oxygen atoms in total. The first-order valence-electron chi connectivity index (χ1n) is 7.22. The second-order valence-corrected chi connectivity index (χ2v) is 5.96. The van der Waals surface area contributed by atoms with Crippen molar-refractivity contribution in [2.24, 2.45) is 0 Å². The number of nitrogens with zero attached hydrogens (tertiary/aromatic N) is 1. The Kier molecular flexibility index (Phi) is 6.03. The quantitative estimate of drug-likeness (QED) is 0.847. The molecule has 1 aromatic rings. The molecule has 0 aliphatic heterocycles. The van der Waals surface area contributed by atoms with Gasteiger partial charge in [-0.3, -0.25) is 0 Å². The van der Waals surface area contributed by atoms with Crippen LogP contribution in [-0.2, 0) is 0 Å². The van der Waals surface area contributed by atoms with Crippen molar-refractivity contribution in [2.75, 3.05) is 18.9 Å². The van der Waals surface area contributed by atoms with Crippen LogP contribution in [0.2, 0.25) is 0 Å². The maximum Gasteiger partial charge on any atom is 0.321 e. The lowest BCUT2D eigenvalue weighted by Crippen LogP contribution is -2.41. The van der Waals surface area contributed by atoms with Crippen molar-refractivity contribution in [2.45, 2.75) is 45.8 Å². The first kappa shape index (κ1) is 17.3. The molecule has 0 saturated heterocycles. The summed E-state index contributed by atoms with van der Waals surface area (Å²) in [7, 11) is 1.65. The van der Waals surface area contributed by atoms with Crippen molar-refractivity contribution >= 4 is 11.7 Å². The van der Waals surface area contributed by atoms with Crippen molar-refractivity contribution in [3.8, 4) is 5.75 Å². The number of nitrogens with one attached hydrogen (secondary N) is 1. The number of rotatable bonds is 6. The van der Waals surface area contributed by atoms with E-state index < -0.39 is 5.60 Å². The second kappa shape index (κ2) is 7.31. The molecule has 21 heavy (non-hydrogen) atoms. The number of amides is 2. The van der Waals surface area contributed by atoms with Gasteiger partial charge in [0.25, 0.3) is 0 Å². The number of ether oxygens (including phenoxy) is 1. The van der Waals surface area contributed by atoms with Crippen LogP contribution in [0.4, 0.5) is 10.5 Å². The molecule has 0 heterocycles. The molecule has 1 unspecified atom stereocenters. The molecule has 2 amide bonds. The molecule has 5 heteroatoms. The van der Waals surface area contributed by atoms with Gasteiger partial charge in [-0.25, -0.2) is 4.79 Å². The lowest BCUT2D eigenvalue weighted by Gasteiger charge is -2.25. The Morgan fingerprint density at radius 3 is 2.43 bits per heavy atom. The fraction of sp³-hybridized carbons (Fsp3) is 0.562. The van der Waals surface area contributed by atoms with Gasteiger partial charge < -0.3 is 20.1 Å². The van der Waals surface area contributed by atoms with Gasteiger partial charge in [0.2, 0.25) is 0 Å². The lowest BCUT2D eigenvalue weighted by atomic mass is 10.1. The summed E-state index contributed by atoms with van der Waals surface area (Å²) < 4.78 is 5.68. The van der Waals surface area contributed by atoms with Gasteiger partial charge in [0.05, 0.1) is 18.2 Å².